The Bertz CT molecular complexity index is 930. The summed E-state index contributed by atoms with van der Waals surface area (Å²) in [4.78, 5) is 11.4. The van der Waals surface area contributed by atoms with E-state index >= 15 is 0 Å². The molecule has 6 heteroatoms. The van der Waals surface area contributed by atoms with Crippen LogP contribution in [0.4, 0.5) is 0 Å². The number of rotatable bonds is 6. The number of nitrogens with zero attached hydrogens (tertiary/aromatic N) is 2. The summed E-state index contributed by atoms with van der Waals surface area (Å²) in [6.45, 7) is 2.58. The van der Waals surface area contributed by atoms with E-state index in [2.05, 4.69) is 19.1 Å². The average Bonchev–Trinajstić information content (AvgIpc) is 3.00. The molecule has 0 aliphatic rings. The quantitative estimate of drug-likeness (QED) is 0.552. The van der Waals surface area contributed by atoms with Crippen LogP contribution in [0.25, 0.3) is 10.9 Å². The number of benzene rings is 2. The maximum atomic E-state index is 11.4. The molecule has 0 amide bonds. The number of hydrogen-bond donors (Lipinski definition) is 0. The van der Waals surface area contributed by atoms with Crippen LogP contribution in [0.1, 0.15) is 30.2 Å². The van der Waals surface area contributed by atoms with E-state index in [0.717, 1.165) is 34.1 Å². The van der Waals surface area contributed by atoms with E-state index in [1.165, 1.54) is 7.11 Å². The highest BCUT2D eigenvalue weighted by Gasteiger charge is 2.14. The molecule has 0 aliphatic heterocycles. The molecule has 0 saturated carbocycles. The molecule has 0 unspecified atom stereocenters. The van der Waals surface area contributed by atoms with Gasteiger partial charge in [-0.1, -0.05) is 48.3 Å². The molecule has 0 fully saturated rings. The number of carbonyl (C=O) groups excluding carboxylic acids is 1. The number of hydrogen-bond acceptors (Lipinski definition) is 3. The van der Waals surface area contributed by atoms with E-state index in [-0.39, 0.29) is 5.97 Å². The van der Waals surface area contributed by atoms with Gasteiger partial charge in [0, 0.05) is 27.4 Å². The summed E-state index contributed by atoms with van der Waals surface area (Å²) in [6.07, 6.45) is 1.82. The van der Waals surface area contributed by atoms with Crippen LogP contribution in [0.5, 0.6) is 0 Å². The van der Waals surface area contributed by atoms with Gasteiger partial charge in [0.1, 0.15) is 0 Å². The molecule has 0 aliphatic carbocycles. The van der Waals surface area contributed by atoms with Crippen LogP contribution < -0.4 is 0 Å². The number of aryl methyl sites for hydroxylation is 2. The fourth-order valence-corrected chi connectivity index (χ4v) is 3.52. The fraction of sp³-hybridized carbons (Fsp3) is 0.300. The number of fused-ring (bicyclic) bond motifs is 1. The van der Waals surface area contributed by atoms with Crippen LogP contribution in [0.3, 0.4) is 0 Å². The van der Waals surface area contributed by atoms with Crippen molar-refractivity contribution in [2.75, 3.05) is 7.11 Å². The Morgan fingerprint density at radius 1 is 1.19 bits per heavy atom. The Morgan fingerprint density at radius 2 is 1.92 bits per heavy atom. The first-order valence-corrected chi connectivity index (χ1v) is 9.27. The van der Waals surface area contributed by atoms with E-state index in [0.29, 0.717) is 29.4 Å². The molecule has 1 heterocycles. The number of carbonyl (C=O) groups is 1. The average molecular weight is 391 g/mol. The maximum Gasteiger partial charge on any atom is 0.305 e. The molecule has 3 aromatic rings. The minimum absolute atomic E-state index is 0.212. The zero-order chi connectivity index (χ0) is 18.7. The highest BCUT2D eigenvalue weighted by Crippen LogP contribution is 2.28. The number of aromatic nitrogens is 2. The van der Waals surface area contributed by atoms with E-state index in [1.807, 2.05) is 28.9 Å². The molecular weight excluding hydrogens is 371 g/mol. The van der Waals surface area contributed by atoms with Crippen LogP contribution >= 0.6 is 23.2 Å². The highest BCUT2D eigenvalue weighted by molar-refractivity contribution is 6.36. The Kier molecular flexibility index (Phi) is 5.84. The Labute approximate surface area is 162 Å². The van der Waals surface area contributed by atoms with Crippen molar-refractivity contribution in [2.45, 2.75) is 32.7 Å². The zero-order valence-corrected chi connectivity index (χ0v) is 16.3. The molecule has 0 radical (unpaired) electrons. The van der Waals surface area contributed by atoms with E-state index in [9.17, 15) is 4.79 Å². The van der Waals surface area contributed by atoms with E-state index in [4.69, 9.17) is 33.0 Å². The molecule has 0 saturated heterocycles. The van der Waals surface area contributed by atoms with Gasteiger partial charge < -0.3 is 4.74 Å². The van der Waals surface area contributed by atoms with Gasteiger partial charge in [-0.25, -0.2) is 0 Å². The van der Waals surface area contributed by atoms with Gasteiger partial charge in [-0.15, -0.1) is 0 Å². The first-order chi connectivity index (χ1) is 12.5. The summed E-state index contributed by atoms with van der Waals surface area (Å²) >= 11 is 12.7. The number of ether oxygens (including phenoxy) is 1. The minimum atomic E-state index is -0.212. The third-order valence-corrected chi connectivity index (χ3v) is 5.15. The first-order valence-electron chi connectivity index (χ1n) is 8.51. The number of methoxy groups -OCH3 is 1. The maximum absolute atomic E-state index is 11.4. The van der Waals surface area contributed by atoms with Gasteiger partial charge in [0.05, 0.1) is 24.9 Å². The van der Waals surface area contributed by atoms with Gasteiger partial charge in [-0.05, 0) is 36.6 Å². The fourth-order valence-electron chi connectivity index (χ4n) is 3.01. The topological polar surface area (TPSA) is 44.1 Å². The van der Waals surface area contributed by atoms with Crippen LogP contribution in [0.2, 0.25) is 10.0 Å². The molecule has 136 valence electrons. The zero-order valence-electron chi connectivity index (χ0n) is 14.8. The molecule has 1 aromatic heterocycles. The second-order valence-electron chi connectivity index (χ2n) is 6.09. The van der Waals surface area contributed by atoms with Crippen molar-refractivity contribution in [1.29, 1.82) is 0 Å². The predicted molar refractivity (Wildman–Crippen MR) is 105 cm³/mol. The molecule has 2 aromatic carbocycles. The summed E-state index contributed by atoms with van der Waals surface area (Å²) in [5, 5.41) is 7.11. The van der Waals surface area contributed by atoms with Gasteiger partial charge in [0.25, 0.3) is 0 Å². The van der Waals surface area contributed by atoms with Gasteiger partial charge >= 0.3 is 5.97 Å². The van der Waals surface area contributed by atoms with Crippen molar-refractivity contribution in [3.63, 3.8) is 0 Å². The second kappa shape index (κ2) is 8.11. The van der Waals surface area contributed by atoms with Gasteiger partial charge in [0.15, 0.2) is 0 Å². The molecule has 0 atom stereocenters. The van der Waals surface area contributed by atoms with Crippen molar-refractivity contribution >= 4 is 40.1 Å². The van der Waals surface area contributed by atoms with Crippen molar-refractivity contribution in [3.8, 4) is 0 Å². The van der Waals surface area contributed by atoms with Gasteiger partial charge in [-0.3, -0.25) is 9.48 Å². The van der Waals surface area contributed by atoms with Crippen LogP contribution in [-0.2, 0) is 28.9 Å². The van der Waals surface area contributed by atoms with Crippen LogP contribution in [0, 0.1) is 0 Å². The Balaban J connectivity index is 1.99. The van der Waals surface area contributed by atoms with Crippen molar-refractivity contribution in [2.24, 2.45) is 0 Å². The van der Waals surface area contributed by atoms with Crippen molar-refractivity contribution in [1.82, 2.24) is 9.78 Å². The van der Waals surface area contributed by atoms with Crippen LogP contribution in [0.15, 0.2) is 36.4 Å². The molecular formula is C20H20Cl2N2O2. The van der Waals surface area contributed by atoms with Gasteiger partial charge in [-0.2, -0.15) is 5.10 Å². The molecule has 0 N–H and O–H groups in total. The third kappa shape index (κ3) is 3.87. The standard InChI is InChI=1S/C20H20Cl2N2O2/c1-3-18-14-9-7-13(8-10-20(25)26-2)11-19(14)24(23-18)12-15-16(21)5-4-6-17(15)22/h4-7,9,11H,3,8,10,12H2,1-2H3. The lowest BCUT2D eigenvalue weighted by molar-refractivity contribution is -0.140. The molecule has 4 nitrogen and oxygen atoms in total. The summed E-state index contributed by atoms with van der Waals surface area (Å²) in [5.74, 6) is -0.212. The van der Waals surface area contributed by atoms with E-state index in [1.54, 1.807) is 0 Å². The summed E-state index contributed by atoms with van der Waals surface area (Å²) in [6, 6.07) is 11.7. The lowest BCUT2D eigenvalue weighted by Crippen LogP contribution is -2.04. The smallest absolute Gasteiger partial charge is 0.305 e. The molecule has 0 spiro atoms. The Hall–Kier alpha value is -2.04. The lowest BCUT2D eigenvalue weighted by atomic mass is 10.1. The monoisotopic (exact) mass is 390 g/mol. The molecule has 26 heavy (non-hydrogen) atoms. The molecule has 3 rings (SSSR count). The first kappa shape index (κ1) is 18.7. The van der Waals surface area contributed by atoms with Crippen molar-refractivity contribution in [3.05, 3.63) is 63.3 Å². The van der Waals surface area contributed by atoms with E-state index < -0.39 is 0 Å². The second-order valence-corrected chi connectivity index (χ2v) is 6.90. The number of halogens is 2. The lowest BCUT2D eigenvalue weighted by Gasteiger charge is -2.09. The summed E-state index contributed by atoms with van der Waals surface area (Å²) in [7, 11) is 1.40. The highest BCUT2D eigenvalue weighted by atomic mass is 35.5. The molecule has 0 bridgehead atoms. The number of esters is 1. The predicted octanol–water partition coefficient (Wildman–Crippen LogP) is 5.06. The summed E-state index contributed by atoms with van der Waals surface area (Å²) in [5.41, 5.74) is 3.96. The summed E-state index contributed by atoms with van der Waals surface area (Å²) < 4.78 is 6.66. The normalized spacial score (nSPS) is 11.1. The SMILES string of the molecule is CCc1nn(Cc2c(Cl)cccc2Cl)c2cc(CCC(=O)OC)ccc12. The van der Waals surface area contributed by atoms with Crippen molar-refractivity contribution < 1.29 is 9.53 Å². The largest absolute Gasteiger partial charge is 0.469 e. The Morgan fingerprint density at radius 3 is 2.58 bits per heavy atom. The van der Waals surface area contributed by atoms with Crippen LogP contribution in [-0.4, -0.2) is 22.9 Å². The minimum Gasteiger partial charge on any atom is -0.469 e. The third-order valence-electron chi connectivity index (χ3n) is 4.44. The van der Waals surface area contributed by atoms with Gasteiger partial charge in [0.2, 0.25) is 0 Å².